The van der Waals surface area contributed by atoms with E-state index in [1.54, 1.807) is 0 Å². The smallest absolute Gasteiger partial charge is 0.169 e. The molecular weight excluding hydrogens is 208 g/mol. The predicted molar refractivity (Wildman–Crippen MR) is 68.0 cm³/mol. The van der Waals surface area contributed by atoms with Gasteiger partial charge in [0.2, 0.25) is 0 Å². The van der Waals surface area contributed by atoms with E-state index in [0.29, 0.717) is 6.61 Å². The first-order valence-electron chi connectivity index (χ1n) is 5.28. The normalized spacial score (nSPS) is 12.6. The van der Waals surface area contributed by atoms with Gasteiger partial charge >= 0.3 is 0 Å². The molecule has 0 aromatic rings. The number of hydrogen-bond donors (Lipinski definition) is 0. The molecule has 0 saturated carbocycles. The molecular formula is C10H24O2Si2. The highest BCUT2D eigenvalue weighted by atomic mass is 28.4. The molecule has 0 aliphatic rings. The van der Waals surface area contributed by atoms with E-state index in [2.05, 4.69) is 26.2 Å². The molecule has 0 saturated heterocycles. The van der Waals surface area contributed by atoms with E-state index in [0.717, 1.165) is 18.6 Å². The molecule has 0 aromatic heterocycles. The fourth-order valence-electron chi connectivity index (χ4n) is 0.931. The van der Waals surface area contributed by atoms with Crippen molar-refractivity contribution in [2.75, 3.05) is 13.2 Å². The van der Waals surface area contributed by atoms with Crippen LogP contribution in [0.15, 0.2) is 12.2 Å². The van der Waals surface area contributed by atoms with Crippen LogP contribution >= 0.6 is 0 Å². The van der Waals surface area contributed by atoms with Gasteiger partial charge in [0, 0.05) is 6.61 Å². The van der Waals surface area contributed by atoms with Crippen molar-refractivity contribution in [1.82, 2.24) is 0 Å². The van der Waals surface area contributed by atoms with Gasteiger partial charge < -0.3 is 8.85 Å². The number of hydrogen-bond acceptors (Lipinski definition) is 2. The van der Waals surface area contributed by atoms with Crippen molar-refractivity contribution in [3.63, 3.8) is 0 Å². The summed E-state index contributed by atoms with van der Waals surface area (Å²) in [4.78, 5) is 0. The van der Waals surface area contributed by atoms with Crippen molar-refractivity contribution >= 4 is 18.1 Å². The Bertz CT molecular complexity index is 164. The van der Waals surface area contributed by atoms with Crippen LogP contribution in [0.5, 0.6) is 0 Å². The Morgan fingerprint density at radius 1 is 1.36 bits per heavy atom. The zero-order valence-electron chi connectivity index (χ0n) is 10.1. The quantitative estimate of drug-likeness (QED) is 0.363. The number of rotatable bonds is 8. The van der Waals surface area contributed by atoms with Crippen LogP contribution in [0.3, 0.4) is 0 Å². The van der Waals surface area contributed by atoms with Crippen LogP contribution in [0, 0.1) is 0 Å². The monoisotopic (exact) mass is 232 g/mol. The lowest BCUT2D eigenvalue weighted by Gasteiger charge is -2.17. The Balaban J connectivity index is 3.11. The van der Waals surface area contributed by atoms with E-state index in [1.165, 1.54) is 6.04 Å². The van der Waals surface area contributed by atoms with Crippen LogP contribution in [0.25, 0.3) is 0 Å². The van der Waals surface area contributed by atoms with Crippen LogP contribution < -0.4 is 0 Å². The molecule has 14 heavy (non-hydrogen) atoms. The van der Waals surface area contributed by atoms with Gasteiger partial charge in [0.15, 0.2) is 8.32 Å². The molecule has 0 aromatic carbocycles. The molecule has 0 rings (SSSR count). The zero-order chi connectivity index (χ0) is 11.0. The zero-order valence-corrected chi connectivity index (χ0v) is 12.5. The molecule has 84 valence electrons. The van der Waals surface area contributed by atoms with E-state index in [9.17, 15) is 0 Å². The third-order valence-electron chi connectivity index (χ3n) is 1.57. The SMILES string of the molecule is C=C(C)COCCC[SiH2]O[Si](C)(C)C. The summed E-state index contributed by atoms with van der Waals surface area (Å²) >= 11 is 0. The third-order valence-corrected chi connectivity index (χ3v) is 6.64. The second kappa shape index (κ2) is 7.39. The summed E-state index contributed by atoms with van der Waals surface area (Å²) in [7, 11) is -1.52. The maximum Gasteiger partial charge on any atom is 0.169 e. The highest BCUT2D eigenvalue weighted by Crippen LogP contribution is 2.03. The van der Waals surface area contributed by atoms with E-state index in [4.69, 9.17) is 8.85 Å². The highest BCUT2D eigenvalue weighted by Gasteiger charge is 2.12. The lowest BCUT2D eigenvalue weighted by molar-refractivity contribution is 0.156. The van der Waals surface area contributed by atoms with Gasteiger partial charge in [0.25, 0.3) is 0 Å². The second-order valence-electron chi connectivity index (χ2n) is 4.68. The highest BCUT2D eigenvalue weighted by molar-refractivity contribution is 6.73. The molecule has 0 aliphatic carbocycles. The van der Waals surface area contributed by atoms with Crippen LogP contribution in [-0.2, 0) is 8.85 Å². The van der Waals surface area contributed by atoms with Crippen molar-refractivity contribution in [2.45, 2.75) is 39.0 Å². The minimum Gasteiger partial charge on any atom is -0.461 e. The Hall–Kier alpha value is 0.0938. The average molecular weight is 232 g/mol. The maximum absolute atomic E-state index is 5.86. The molecule has 0 unspecified atom stereocenters. The molecule has 0 bridgehead atoms. The third kappa shape index (κ3) is 12.1. The molecule has 0 spiro atoms. The Labute approximate surface area is 91.8 Å². The van der Waals surface area contributed by atoms with E-state index in [-0.39, 0.29) is 9.76 Å². The molecule has 4 heteroatoms. The Morgan fingerprint density at radius 2 is 2.00 bits per heavy atom. The summed E-state index contributed by atoms with van der Waals surface area (Å²) in [5, 5.41) is 0. The fourth-order valence-corrected chi connectivity index (χ4v) is 4.37. The largest absolute Gasteiger partial charge is 0.461 e. The molecule has 0 heterocycles. The summed E-state index contributed by atoms with van der Waals surface area (Å²) in [5.41, 5.74) is 1.10. The second-order valence-corrected chi connectivity index (χ2v) is 11.2. The first kappa shape index (κ1) is 14.1. The van der Waals surface area contributed by atoms with Gasteiger partial charge in [0.1, 0.15) is 9.76 Å². The molecule has 2 nitrogen and oxygen atoms in total. The summed E-state index contributed by atoms with van der Waals surface area (Å²) in [6.07, 6.45) is 1.14. The molecule has 0 aliphatic heterocycles. The fraction of sp³-hybridized carbons (Fsp3) is 0.800. The molecule has 0 N–H and O–H groups in total. The van der Waals surface area contributed by atoms with Crippen LogP contribution in [-0.4, -0.2) is 31.3 Å². The standard InChI is InChI=1S/C10H24O2Si2/c1-10(2)9-11-7-6-8-13-12-14(3,4)5/h1,6-9,13H2,2-5H3. The summed E-state index contributed by atoms with van der Waals surface area (Å²) < 4.78 is 11.3. The summed E-state index contributed by atoms with van der Waals surface area (Å²) in [5.74, 6) is 0. The van der Waals surface area contributed by atoms with E-state index in [1.807, 2.05) is 6.92 Å². The van der Waals surface area contributed by atoms with Crippen LogP contribution in [0.2, 0.25) is 25.7 Å². The van der Waals surface area contributed by atoms with E-state index < -0.39 is 8.32 Å². The molecule has 0 radical (unpaired) electrons. The average Bonchev–Trinajstić information content (AvgIpc) is 2.00. The topological polar surface area (TPSA) is 18.5 Å². The Morgan fingerprint density at radius 3 is 2.50 bits per heavy atom. The van der Waals surface area contributed by atoms with Crippen molar-refractivity contribution in [2.24, 2.45) is 0 Å². The summed E-state index contributed by atoms with van der Waals surface area (Å²) in [6, 6.07) is 1.24. The first-order valence-corrected chi connectivity index (χ1v) is 10.3. The molecule has 0 fully saturated rings. The van der Waals surface area contributed by atoms with Gasteiger partial charge in [-0.1, -0.05) is 12.2 Å². The van der Waals surface area contributed by atoms with Crippen molar-refractivity contribution in [1.29, 1.82) is 0 Å². The van der Waals surface area contributed by atoms with Gasteiger partial charge in [-0.05, 0) is 39.0 Å². The van der Waals surface area contributed by atoms with Gasteiger partial charge in [-0.25, -0.2) is 0 Å². The first-order chi connectivity index (χ1) is 6.42. The van der Waals surface area contributed by atoms with Crippen LogP contribution in [0.4, 0.5) is 0 Å². The minimum absolute atomic E-state index is 0.281. The van der Waals surface area contributed by atoms with Gasteiger partial charge in [-0.2, -0.15) is 0 Å². The molecule has 0 atom stereocenters. The lowest BCUT2D eigenvalue weighted by atomic mass is 10.4. The van der Waals surface area contributed by atoms with Crippen LogP contribution in [0.1, 0.15) is 13.3 Å². The van der Waals surface area contributed by atoms with Crippen molar-refractivity contribution < 1.29 is 8.85 Å². The molecule has 0 amide bonds. The maximum atomic E-state index is 5.86. The van der Waals surface area contributed by atoms with E-state index >= 15 is 0 Å². The van der Waals surface area contributed by atoms with Crippen molar-refractivity contribution in [3.8, 4) is 0 Å². The van der Waals surface area contributed by atoms with Gasteiger partial charge in [-0.3, -0.25) is 0 Å². The van der Waals surface area contributed by atoms with Crippen molar-refractivity contribution in [3.05, 3.63) is 12.2 Å². The number of ether oxygens (including phenoxy) is 1. The summed E-state index contributed by atoms with van der Waals surface area (Å²) in [6.45, 7) is 14.1. The van der Waals surface area contributed by atoms with Gasteiger partial charge in [-0.15, -0.1) is 0 Å². The van der Waals surface area contributed by atoms with Gasteiger partial charge in [0.05, 0.1) is 6.61 Å². The Kier molecular flexibility index (Phi) is 7.44. The lowest BCUT2D eigenvalue weighted by Crippen LogP contribution is -2.27. The minimum atomic E-state index is -1.24. The predicted octanol–water partition coefficient (Wildman–Crippen LogP) is 2.32.